The van der Waals surface area contributed by atoms with Gasteiger partial charge in [0.05, 0.1) is 23.7 Å². The maximum Gasteiger partial charge on any atom is 0.312 e. The Hall–Kier alpha value is -2.35. The number of rotatable bonds is 10. The molecule has 1 atom stereocenters. The van der Waals surface area contributed by atoms with Crippen molar-refractivity contribution >= 4 is 11.6 Å². The molecule has 0 aromatic heterocycles. The van der Waals surface area contributed by atoms with Crippen LogP contribution < -0.4 is 14.8 Å². The summed E-state index contributed by atoms with van der Waals surface area (Å²) in [5.74, 6) is 1.77. The zero-order chi connectivity index (χ0) is 24.1. The first kappa shape index (κ1) is 24.8. The molecule has 1 N–H and O–H groups in total. The van der Waals surface area contributed by atoms with E-state index in [2.05, 4.69) is 10.2 Å². The molecule has 4 rings (SSSR count). The van der Waals surface area contributed by atoms with Gasteiger partial charge in [-0.3, -0.25) is 19.8 Å². The van der Waals surface area contributed by atoms with Crippen LogP contribution in [0.3, 0.4) is 0 Å². The Kier molecular flexibility index (Phi) is 8.29. The first-order chi connectivity index (χ1) is 16.5. The number of carbonyl (C=O) groups excluding carboxylic acids is 1. The lowest BCUT2D eigenvalue weighted by Gasteiger charge is -2.47. The number of likely N-dealkylation sites (tertiary alicyclic amines) is 1. The molecule has 8 nitrogen and oxygen atoms in total. The average Bonchev–Trinajstić information content (AvgIpc) is 3.28. The Morgan fingerprint density at radius 3 is 2.24 bits per heavy atom. The van der Waals surface area contributed by atoms with Gasteiger partial charge in [0.25, 0.3) is 5.91 Å². The number of hydrogen-bond acceptors (Lipinski definition) is 6. The van der Waals surface area contributed by atoms with E-state index >= 15 is 0 Å². The Morgan fingerprint density at radius 1 is 1.03 bits per heavy atom. The smallest absolute Gasteiger partial charge is 0.312 e. The Bertz CT molecular complexity index is 854. The van der Waals surface area contributed by atoms with Crippen molar-refractivity contribution in [3.8, 4) is 11.5 Å². The summed E-state index contributed by atoms with van der Waals surface area (Å²) < 4.78 is 11.4. The highest BCUT2D eigenvalue weighted by molar-refractivity contribution is 5.98. The number of nitro benzene ring substituents is 1. The predicted molar refractivity (Wildman–Crippen MR) is 131 cm³/mol. The van der Waals surface area contributed by atoms with Crippen LogP contribution in [0.5, 0.6) is 11.5 Å². The summed E-state index contributed by atoms with van der Waals surface area (Å²) in [6, 6.07) is 3.51. The lowest BCUT2D eigenvalue weighted by Crippen LogP contribution is -2.50. The molecule has 2 aliphatic carbocycles. The van der Waals surface area contributed by atoms with Crippen LogP contribution in [0.15, 0.2) is 12.1 Å². The highest BCUT2D eigenvalue weighted by Gasteiger charge is 2.42. The van der Waals surface area contributed by atoms with Gasteiger partial charge in [0.2, 0.25) is 5.75 Å². The first-order valence-electron chi connectivity index (χ1n) is 13.1. The van der Waals surface area contributed by atoms with Crippen LogP contribution in [0.4, 0.5) is 5.69 Å². The molecule has 1 saturated heterocycles. The van der Waals surface area contributed by atoms with Crippen LogP contribution in [0.1, 0.15) is 82.0 Å². The lowest BCUT2D eigenvalue weighted by molar-refractivity contribution is -0.385. The van der Waals surface area contributed by atoms with Gasteiger partial charge in [0.1, 0.15) is 5.75 Å². The summed E-state index contributed by atoms with van der Waals surface area (Å²) in [4.78, 5) is 27.1. The topological polar surface area (TPSA) is 93.9 Å². The monoisotopic (exact) mass is 473 g/mol. The van der Waals surface area contributed by atoms with E-state index in [9.17, 15) is 14.9 Å². The predicted octanol–water partition coefficient (Wildman–Crippen LogP) is 4.95. The largest absolute Gasteiger partial charge is 0.493 e. The van der Waals surface area contributed by atoms with E-state index in [-0.39, 0.29) is 28.9 Å². The first-order valence-corrected chi connectivity index (χ1v) is 13.1. The molecular weight excluding hydrogens is 434 g/mol. The molecule has 1 heterocycles. The van der Waals surface area contributed by atoms with Crippen LogP contribution in [0.2, 0.25) is 0 Å². The standard InChI is InChI=1S/C26H39N3O5/c1-3-13-33-23-16-24(34-14-4-2)22(29(31)32)15-21(23)26(30)27-20-11-12-28(17-20)25-18-7-5-8-19(25)10-6-9-18/h15-16,18-20,25H,3-14,17H2,1-2H3,(H,27,30). The molecule has 0 spiro atoms. The lowest BCUT2D eigenvalue weighted by atomic mass is 9.68. The Balaban J connectivity index is 1.48. The second-order valence-corrected chi connectivity index (χ2v) is 10.1. The maximum absolute atomic E-state index is 13.3. The minimum Gasteiger partial charge on any atom is -0.493 e. The number of nitrogens with one attached hydrogen (secondary N) is 1. The number of ether oxygens (including phenoxy) is 2. The van der Waals surface area contributed by atoms with Gasteiger partial charge in [-0.05, 0) is 56.8 Å². The molecule has 3 aliphatic rings. The molecule has 2 bridgehead atoms. The summed E-state index contributed by atoms with van der Waals surface area (Å²) in [6.07, 6.45) is 10.5. The molecule has 34 heavy (non-hydrogen) atoms. The van der Waals surface area contributed by atoms with Gasteiger partial charge in [-0.2, -0.15) is 0 Å². The van der Waals surface area contributed by atoms with Gasteiger partial charge in [0.15, 0.2) is 0 Å². The second-order valence-electron chi connectivity index (χ2n) is 10.1. The summed E-state index contributed by atoms with van der Waals surface area (Å²) in [7, 11) is 0. The molecule has 8 heteroatoms. The molecule has 3 fully saturated rings. The van der Waals surface area contributed by atoms with E-state index in [0.29, 0.717) is 25.0 Å². The van der Waals surface area contributed by atoms with Crippen LogP contribution in [0.25, 0.3) is 0 Å². The molecule has 1 aliphatic heterocycles. The van der Waals surface area contributed by atoms with Crippen LogP contribution in [-0.2, 0) is 0 Å². The van der Waals surface area contributed by atoms with E-state index < -0.39 is 4.92 Å². The highest BCUT2D eigenvalue weighted by atomic mass is 16.6. The third-order valence-corrected chi connectivity index (χ3v) is 7.67. The van der Waals surface area contributed by atoms with Crippen molar-refractivity contribution in [2.75, 3.05) is 26.3 Å². The van der Waals surface area contributed by atoms with Crippen molar-refractivity contribution in [2.24, 2.45) is 11.8 Å². The Labute approximate surface area is 202 Å². The van der Waals surface area contributed by atoms with Crippen LogP contribution in [-0.4, -0.2) is 54.1 Å². The molecule has 1 unspecified atom stereocenters. The molecule has 1 amide bonds. The SMILES string of the molecule is CCCOc1cc(OCCC)c([N+](=O)[O-])cc1C(=O)NC1CCN(C2C3CCCC2CCC3)C1. The molecule has 2 saturated carbocycles. The van der Waals surface area contributed by atoms with E-state index in [0.717, 1.165) is 44.2 Å². The Morgan fingerprint density at radius 2 is 1.65 bits per heavy atom. The zero-order valence-electron chi connectivity index (χ0n) is 20.6. The quantitative estimate of drug-likeness (QED) is 0.382. The normalized spacial score (nSPS) is 26.8. The van der Waals surface area contributed by atoms with Crippen molar-refractivity contribution in [3.05, 3.63) is 27.8 Å². The summed E-state index contributed by atoms with van der Waals surface area (Å²) in [6.45, 7) is 6.56. The third-order valence-electron chi connectivity index (χ3n) is 7.67. The van der Waals surface area contributed by atoms with Gasteiger partial charge in [-0.1, -0.05) is 26.7 Å². The van der Waals surface area contributed by atoms with Gasteiger partial charge in [0, 0.05) is 37.3 Å². The van der Waals surface area contributed by atoms with Gasteiger partial charge in [-0.15, -0.1) is 0 Å². The van der Waals surface area contributed by atoms with Crippen molar-refractivity contribution in [1.29, 1.82) is 0 Å². The van der Waals surface area contributed by atoms with Crippen LogP contribution in [0, 0.1) is 22.0 Å². The average molecular weight is 474 g/mol. The summed E-state index contributed by atoms with van der Waals surface area (Å²) >= 11 is 0. The van der Waals surface area contributed by atoms with Crippen molar-refractivity contribution < 1.29 is 19.2 Å². The van der Waals surface area contributed by atoms with Crippen molar-refractivity contribution in [3.63, 3.8) is 0 Å². The number of benzene rings is 1. The zero-order valence-corrected chi connectivity index (χ0v) is 20.6. The number of nitro groups is 1. The number of nitrogens with zero attached hydrogens (tertiary/aromatic N) is 2. The number of carbonyl (C=O) groups is 1. The fourth-order valence-electron chi connectivity index (χ4n) is 6.21. The highest BCUT2D eigenvalue weighted by Crippen LogP contribution is 2.43. The fourth-order valence-corrected chi connectivity index (χ4v) is 6.21. The molecule has 188 valence electrons. The molecular formula is C26H39N3O5. The second kappa shape index (κ2) is 11.4. The molecule has 1 aromatic rings. The minimum absolute atomic E-state index is 0.0456. The number of amides is 1. The van der Waals surface area contributed by atoms with E-state index in [1.165, 1.54) is 50.7 Å². The van der Waals surface area contributed by atoms with Crippen molar-refractivity contribution in [1.82, 2.24) is 10.2 Å². The van der Waals surface area contributed by atoms with E-state index in [1.807, 2.05) is 13.8 Å². The number of fused-ring (bicyclic) bond motifs is 2. The maximum atomic E-state index is 13.3. The molecule has 0 radical (unpaired) electrons. The summed E-state index contributed by atoms with van der Waals surface area (Å²) in [5.41, 5.74) is 0.00233. The summed E-state index contributed by atoms with van der Waals surface area (Å²) in [5, 5.41) is 14.8. The fraction of sp³-hybridized carbons (Fsp3) is 0.731. The molecule has 1 aromatic carbocycles. The number of hydrogen-bond donors (Lipinski definition) is 1. The van der Waals surface area contributed by atoms with E-state index in [4.69, 9.17) is 9.47 Å². The van der Waals surface area contributed by atoms with Crippen molar-refractivity contribution in [2.45, 2.75) is 83.7 Å². The van der Waals surface area contributed by atoms with Gasteiger partial charge in [-0.25, -0.2) is 0 Å². The van der Waals surface area contributed by atoms with E-state index in [1.54, 1.807) is 0 Å². The third kappa shape index (κ3) is 5.48. The van der Waals surface area contributed by atoms with Gasteiger partial charge < -0.3 is 14.8 Å². The van der Waals surface area contributed by atoms with Gasteiger partial charge >= 0.3 is 5.69 Å². The van der Waals surface area contributed by atoms with Crippen LogP contribution >= 0.6 is 0 Å². The minimum atomic E-state index is -0.496.